The molecule has 3 N–H and O–H groups in total. The summed E-state index contributed by atoms with van der Waals surface area (Å²) in [7, 11) is 3.60. The van der Waals surface area contributed by atoms with Crippen LogP contribution in [-0.2, 0) is 28.8 Å². The number of nitrogens with one attached hydrogen (secondary N) is 1. The van der Waals surface area contributed by atoms with Gasteiger partial charge in [-0.2, -0.15) is 19.2 Å². The van der Waals surface area contributed by atoms with Crippen molar-refractivity contribution in [1.29, 1.82) is 0 Å². The maximum atomic E-state index is 10.9. The van der Waals surface area contributed by atoms with Gasteiger partial charge in [0.15, 0.2) is 0 Å². The molecule has 0 unspecified atom stereocenters. The smallest absolute Gasteiger partial charge is 0.370 e. The van der Waals surface area contributed by atoms with Crippen molar-refractivity contribution in [2.24, 2.45) is 5.73 Å². The number of likely N-dealkylation sites (N-methyl/N-ethyl adjacent to an activating group) is 1. The van der Waals surface area contributed by atoms with Crippen LogP contribution in [0, 0.1) is 0 Å². The second kappa shape index (κ2) is 17.1. The van der Waals surface area contributed by atoms with E-state index < -0.39 is 5.91 Å². The molecular weight excluding hydrogens is 246 g/mol. The van der Waals surface area contributed by atoms with Crippen LogP contribution >= 0.6 is 0 Å². The highest BCUT2D eigenvalue weighted by Crippen LogP contribution is 1.76. The van der Waals surface area contributed by atoms with Crippen molar-refractivity contribution in [3.63, 3.8) is 0 Å². The van der Waals surface area contributed by atoms with Crippen LogP contribution in [0.4, 0.5) is 0 Å². The average molecular weight is 261 g/mol. The Balaban J connectivity index is -0.000000315. The zero-order valence-corrected chi connectivity index (χ0v) is 10.1. The molecule has 2 amide bonds. The predicted octanol–water partition coefficient (Wildman–Crippen LogP) is -2.63. The van der Waals surface area contributed by atoms with E-state index in [0.29, 0.717) is 13.1 Å². The van der Waals surface area contributed by atoms with Crippen molar-refractivity contribution in [1.82, 2.24) is 10.2 Å². The Labute approximate surface area is 103 Å². The van der Waals surface area contributed by atoms with Crippen LogP contribution < -0.4 is 11.1 Å². The summed E-state index contributed by atoms with van der Waals surface area (Å²) in [6, 6.07) is 0. The van der Waals surface area contributed by atoms with E-state index in [4.69, 9.17) is 24.9 Å². The minimum Gasteiger partial charge on any atom is -0.370 e. The molecule has 9 heteroatoms. The average Bonchev–Trinajstić information content (AvgIpc) is 2.17. The third kappa shape index (κ3) is 37.3. The molecule has 18 heavy (non-hydrogen) atoms. The molecule has 0 aliphatic heterocycles. The van der Waals surface area contributed by atoms with E-state index in [0.717, 1.165) is 0 Å². The highest BCUT2D eigenvalue weighted by molar-refractivity contribution is 5.79. The Bertz CT molecular complexity index is 291. The topological polar surface area (TPSA) is 144 Å². The fourth-order valence-corrected chi connectivity index (χ4v) is 0.668. The molecule has 0 saturated heterocycles. The highest BCUT2D eigenvalue weighted by Gasteiger charge is 2.01. The van der Waals surface area contributed by atoms with Gasteiger partial charge >= 0.3 is 12.3 Å². The Kier molecular flexibility index (Phi) is 19.9. The molecule has 0 fully saturated rings. The number of carbonyl (C=O) groups is 2. The lowest BCUT2D eigenvalue weighted by Crippen LogP contribution is -2.35. The predicted molar refractivity (Wildman–Crippen MR) is 55.4 cm³/mol. The highest BCUT2D eigenvalue weighted by atomic mass is 16.2. The number of hydrogen-bond donors (Lipinski definition) is 2. The van der Waals surface area contributed by atoms with Gasteiger partial charge < -0.3 is 16.0 Å². The van der Waals surface area contributed by atoms with Crippen LogP contribution in [0.5, 0.6) is 0 Å². The van der Waals surface area contributed by atoms with Gasteiger partial charge in [0.2, 0.25) is 11.8 Å². The molecule has 0 aromatic heterocycles. The van der Waals surface area contributed by atoms with Gasteiger partial charge in [-0.3, -0.25) is 9.59 Å². The van der Waals surface area contributed by atoms with Gasteiger partial charge in [0, 0.05) is 13.0 Å². The van der Waals surface area contributed by atoms with Crippen LogP contribution in [0.25, 0.3) is 0 Å². The van der Waals surface area contributed by atoms with Crippen LogP contribution in [0.3, 0.4) is 0 Å². The van der Waals surface area contributed by atoms with E-state index >= 15 is 0 Å². The van der Waals surface area contributed by atoms with Crippen molar-refractivity contribution in [3.05, 3.63) is 0 Å². The summed E-state index contributed by atoms with van der Waals surface area (Å²) < 4.78 is 0. The lowest BCUT2D eigenvalue weighted by atomic mass is 10.4. The largest absolute Gasteiger partial charge is 0.373 e. The van der Waals surface area contributed by atoms with E-state index in [9.17, 15) is 9.59 Å². The Morgan fingerprint density at radius 2 is 1.50 bits per heavy atom. The monoisotopic (exact) mass is 261 g/mol. The SMILES string of the molecule is CN(C)CC(=O)NCCC(N)=O.O=C=O.O=C=O. The molecule has 102 valence electrons. The van der Waals surface area contributed by atoms with E-state index in [2.05, 4.69) is 5.32 Å². The van der Waals surface area contributed by atoms with Crippen molar-refractivity contribution >= 4 is 24.1 Å². The number of nitrogens with two attached hydrogens (primary N) is 1. The summed E-state index contributed by atoms with van der Waals surface area (Å²) in [5.41, 5.74) is 4.88. The zero-order valence-electron chi connectivity index (χ0n) is 10.1. The molecule has 0 heterocycles. The first-order valence-corrected chi connectivity index (χ1v) is 4.53. The van der Waals surface area contributed by atoms with Crippen molar-refractivity contribution in [2.45, 2.75) is 6.42 Å². The van der Waals surface area contributed by atoms with Crippen molar-refractivity contribution in [3.8, 4) is 0 Å². The Morgan fingerprint density at radius 3 is 1.78 bits per heavy atom. The lowest BCUT2D eigenvalue weighted by molar-refractivity contribution is -0.193. The standard InChI is InChI=1S/C7H15N3O2.2CO2/c1-10(2)5-7(12)9-4-3-6(8)11;2*2-1-3/h3-5H2,1-2H3,(H2,8,11)(H,9,12);;. The summed E-state index contributed by atoms with van der Waals surface area (Å²) in [5, 5.41) is 2.56. The molecular formula is C9H15N3O6. The molecule has 0 saturated carbocycles. The second-order valence-electron chi connectivity index (χ2n) is 2.97. The summed E-state index contributed by atoms with van der Waals surface area (Å²) in [6.45, 7) is 0.654. The minimum atomic E-state index is -0.403. The molecule has 0 aromatic rings. The maximum Gasteiger partial charge on any atom is 0.373 e. The molecule has 0 bridgehead atoms. The van der Waals surface area contributed by atoms with Crippen LogP contribution in [0.2, 0.25) is 0 Å². The third-order valence-electron chi connectivity index (χ3n) is 1.15. The molecule has 0 rings (SSSR count). The van der Waals surface area contributed by atoms with Crippen LogP contribution in [0.1, 0.15) is 6.42 Å². The minimum absolute atomic E-state index is 0.0961. The molecule has 0 aliphatic carbocycles. The van der Waals surface area contributed by atoms with Gasteiger partial charge in [-0.05, 0) is 14.1 Å². The van der Waals surface area contributed by atoms with Crippen molar-refractivity contribution < 1.29 is 28.8 Å². The van der Waals surface area contributed by atoms with Crippen molar-refractivity contribution in [2.75, 3.05) is 27.2 Å². The lowest BCUT2D eigenvalue weighted by Gasteiger charge is -2.08. The maximum absolute atomic E-state index is 10.9. The van der Waals surface area contributed by atoms with Gasteiger partial charge in [-0.1, -0.05) is 0 Å². The second-order valence-corrected chi connectivity index (χ2v) is 2.97. The van der Waals surface area contributed by atoms with Gasteiger partial charge in [0.05, 0.1) is 6.54 Å². The summed E-state index contributed by atoms with van der Waals surface area (Å²) in [4.78, 5) is 55.4. The van der Waals surface area contributed by atoms with Crippen LogP contribution in [-0.4, -0.2) is 56.2 Å². The van der Waals surface area contributed by atoms with E-state index in [-0.39, 0.29) is 24.6 Å². The molecule has 0 aliphatic rings. The molecule has 0 spiro atoms. The van der Waals surface area contributed by atoms with Gasteiger partial charge in [-0.15, -0.1) is 0 Å². The van der Waals surface area contributed by atoms with E-state index in [1.165, 1.54) is 0 Å². The summed E-state index contributed by atoms with van der Waals surface area (Å²) in [6.07, 6.45) is 0.694. The van der Waals surface area contributed by atoms with E-state index in [1.807, 2.05) is 0 Å². The first-order chi connectivity index (χ1) is 8.35. The van der Waals surface area contributed by atoms with E-state index in [1.54, 1.807) is 19.0 Å². The quantitative estimate of drug-likeness (QED) is 0.550. The molecule has 9 nitrogen and oxygen atoms in total. The summed E-state index contributed by atoms with van der Waals surface area (Å²) >= 11 is 0. The normalized spacial score (nSPS) is 7.50. The first kappa shape index (κ1) is 21.0. The molecule has 0 aromatic carbocycles. The summed E-state index contributed by atoms with van der Waals surface area (Å²) in [5.74, 6) is -0.499. The third-order valence-corrected chi connectivity index (χ3v) is 1.15. The fourth-order valence-electron chi connectivity index (χ4n) is 0.668. The fraction of sp³-hybridized carbons (Fsp3) is 0.556. The first-order valence-electron chi connectivity index (χ1n) is 4.53. The number of rotatable bonds is 5. The van der Waals surface area contributed by atoms with Gasteiger partial charge in [0.25, 0.3) is 0 Å². The number of carbonyl (C=O) groups excluding carboxylic acids is 6. The number of hydrogen-bond acceptors (Lipinski definition) is 7. The van der Waals surface area contributed by atoms with Gasteiger partial charge in [0.1, 0.15) is 0 Å². The number of primary amides is 1. The number of amides is 2. The number of nitrogens with zero attached hydrogens (tertiary/aromatic N) is 1. The Hall–Kier alpha value is -2.34. The molecule has 0 radical (unpaired) electrons. The molecule has 0 atom stereocenters. The Morgan fingerprint density at radius 1 is 1.11 bits per heavy atom. The van der Waals surface area contributed by atoms with Gasteiger partial charge in [-0.25, -0.2) is 0 Å². The zero-order chi connectivity index (χ0) is 15.0. The van der Waals surface area contributed by atoms with Crippen LogP contribution in [0.15, 0.2) is 0 Å².